The van der Waals surface area contributed by atoms with Gasteiger partial charge in [-0.1, -0.05) is 18.2 Å². The molecule has 0 spiro atoms. The highest BCUT2D eigenvalue weighted by atomic mass is 32.1. The van der Waals surface area contributed by atoms with Crippen LogP contribution in [-0.4, -0.2) is 49.4 Å². The number of amides is 2. The summed E-state index contributed by atoms with van der Waals surface area (Å²) in [5.74, 6) is 0.840. The predicted molar refractivity (Wildman–Crippen MR) is 117 cm³/mol. The summed E-state index contributed by atoms with van der Waals surface area (Å²) in [6, 6.07) is 11.3. The second-order valence-electron chi connectivity index (χ2n) is 6.33. The van der Waals surface area contributed by atoms with Gasteiger partial charge in [0.25, 0.3) is 0 Å². The molecule has 2 amide bonds. The summed E-state index contributed by atoms with van der Waals surface area (Å²) in [5, 5.41) is 11.2. The highest BCUT2D eigenvalue weighted by molar-refractivity contribution is 7.07. The van der Waals surface area contributed by atoms with Gasteiger partial charge in [0, 0.05) is 23.3 Å². The molecule has 3 aromatic heterocycles. The van der Waals surface area contributed by atoms with Crippen LogP contribution in [0.3, 0.4) is 0 Å². The second-order valence-corrected chi connectivity index (χ2v) is 7.05. The Bertz CT molecular complexity index is 1150. The van der Waals surface area contributed by atoms with E-state index in [-0.39, 0.29) is 6.03 Å². The molecular formula is C20H18N8OS. The third kappa shape index (κ3) is 4.73. The maximum absolute atomic E-state index is 11.3. The molecule has 5 rings (SSSR count). The molecule has 30 heavy (non-hydrogen) atoms. The van der Waals surface area contributed by atoms with E-state index in [0.717, 1.165) is 33.8 Å². The first-order valence-electron chi connectivity index (χ1n) is 9.07. The topological polar surface area (TPSA) is 112 Å². The molecule has 0 atom stereocenters. The molecule has 0 radical (unpaired) electrons. The number of pyridine rings is 1. The third-order valence-electron chi connectivity index (χ3n) is 4.05. The van der Waals surface area contributed by atoms with E-state index in [1.807, 2.05) is 54.2 Å². The predicted octanol–water partition coefficient (Wildman–Crippen LogP) is 3.50. The lowest BCUT2D eigenvalue weighted by atomic mass is 10.3. The zero-order chi connectivity index (χ0) is 20.8. The van der Waals surface area contributed by atoms with Crippen molar-refractivity contribution >= 4 is 40.3 Å². The number of H-pyrrole nitrogens is 1. The van der Waals surface area contributed by atoms with E-state index >= 15 is 0 Å². The fraction of sp³-hybridized carbons (Fsp3) is 0.100. The van der Waals surface area contributed by atoms with Crippen LogP contribution in [0.25, 0.3) is 22.6 Å². The van der Waals surface area contributed by atoms with E-state index in [1.54, 1.807) is 29.9 Å². The van der Waals surface area contributed by atoms with Gasteiger partial charge in [0.05, 0.1) is 35.0 Å². The van der Waals surface area contributed by atoms with Crippen molar-refractivity contribution in [3.63, 3.8) is 0 Å². The van der Waals surface area contributed by atoms with Crippen molar-refractivity contribution in [3.8, 4) is 11.5 Å². The number of thiazole rings is 1. The average molecular weight is 418 g/mol. The number of aromatic amines is 1. The number of imidazole rings is 1. The minimum absolute atomic E-state index is 0.328. The van der Waals surface area contributed by atoms with Gasteiger partial charge in [0.15, 0.2) is 5.82 Å². The Morgan fingerprint density at radius 1 is 1.23 bits per heavy atom. The molecule has 0 saturated heterocycles. The fourth-order valence-corrected chi connectivity index (χ4v) is 3.15. The number of hydrogen-bond donors (Lipinski definition) is 2. The Morgan fingerprint density at radius 3 is 2.90 bits per heavy atom. The van der Waals surface area contributed by atoms with E-state index in [2.05, 4.69) is 35.6 Å². The summed E-state index contributed by atoms with van der Waals surface area (Å²) in [5.41, 5.74) is 8.76. The summed E-state index contributed by atoms with van der Waals surface area (Å²) in [6.45, 7) is 2.23. The Hall–Kier alpha value is -3.92. The summed E-state index contributed by atoms with van der Waals surface area (Å²) in [4.78, 5) is 27.2. The number of hydrazone groups is 2. The number of carbonyl (C=O) groups excluding carboxylic acids is 1. The van der Waals surface area contributed by atoms with Gasteiger partial charge < -0.3 is 4.98 Å². The summed E-state index contributed by atoms with van der Waals surface area (Å²) < 4.78 is 0. The number of rotatable bonds is 3. The summed E-state index contributed by atoms with van der Waals surface area (Å²) in [6.07, 6.45) is 4.94. The van der Waals surface area contributed by atoms with Gasteiger partial charge in [-0.05, 0) is 25.1 Å². The van der Waals surface area contributed by atoms with Crippen molar-refractivity contribution in [2.45, 2.75) is 6.92 Å². The van der Waals surface area contributed by atoms with Crippen LogP contribution in [-0.2, 0) is 0 Å². The first-order chi connectivity index (χ1) is 14.7. The molecule has 1 aliphatic heterocycles. The number of fused-ring (bicyclic) bond motifs is 1. The molecule has 0 bridgehead atoms. The van der Waals surface area contributed by atoms with Crippen LogP contribution in [0.2, 0.25) is 0 Å². The van der Waals surface area contributed by atoms with Gasteiger partial charge in [-0.2, -0.15) is 10.2 Å². The average Bonchev–Trinajstić information content (AvgIpc) is 3.45. The smallest absolute Gasteiger partial charge is 0.337 e. The molecule has 4 aromatic rings. The summed E-state index contributed by atoms with van der Waals surface area (Å²) in [7, 11) is 0. The van der Waals surface area contributed by atoms with Gasteiger partial charge in [-0.15, -0.1) is 11.3 Å². The summed E-state index contributed by atoms with van der Waals surface area (Å²) >= 11 is 1.57. The normalized spacial score (nSPS) is 13.7. The first kappa shape index (κ1) is 19.4. The highest BCUT2D eigenvalue weighted by Crippen LogP contribution is 2.19. The number of aromatic nitrogens is 4. The molecule has 0 fully saturated rings. The van der Waals surface area contributed by atoms with E-state index in [4.69, 9.17) is 0 Å². The molecule has 1 aliphatic rings. The van der Waals surface area contributed by atoms with Crippen molar-refractivity contribution in [3.05, 3.63) is 65.2 Å². The maximum Gasteiger partial charge on any atom is 0.358 e. The van der Waals surface area contributed by atoms with Crippen LogP contribution >= 0.6 is 11.3 Å². The van der Waals surface area contributed by atoms with E-state index in [1.165, 1.54) is 5.01 Å². The van der Waals surface area contributed by atoms with Gasteiger partial charge in [-0.3, -0.25) is 4.98 Å². The number of hydrogen-bond acceptors (Lipinski definition) is 7. The minimum atomic E-state index is -0.328. The lowest BCUT2D eigenvalue weighted by Gasteiger charge is -2.20. The number of nitrogens with zero attached hydrogens (tertiary/aromatic N) is 6. The van der Waals surface area contributed by atoms with E-state index in [0.29, 0.717) is 6.54 Å². The molecule has 0 saturated carbocycles. The molecule has 150 valence electrons. The van der Waals surface area contributed by atoms with Crippen LogP contribution in [0, 0.1) is 0 Å². The van der Waals surface area contributed by atoms with Gasteiger partial charge in [-0.25, -0.2) is 25.2 Å². The fourth-order valence-electron chi connectivity index (χ4n) is 2.61. The Balaban J connectivity index is 0.000000146. The maximum atomic E-state index is 11.3. The van der Waals surface area contributed by atoms with Crippen LogP contribution in [0.5, 0.6) is 0 Å². The Kier molecular flexibility index (Phi) is 5.85. The largest absolute Gasteiger partial charge is 0.358 e. The van der Waals surface area contributed by atoms with Crippen LogP contribution in [0.4, 0.5) is 4.79 Å². The molecule has 0 unspecified atom stereocenters. The van der Waals surface area contributed by atoms with Crippen molar-refractivity contribution in [2.24, 2.45) is 10.2 Å². The number of benzene rings is 1. The SMILES string of the molecule is CC1=NNC(=O)N(/N=C/c2cccnc2)C1.c1ccc2[nH]c(-c3cscn3)nc2c1. The molecular weight excluding hydrogens is 400 g/mol. The lowest BCUT2D eigenvalue weighted by molar-refractivity contribution is 0.204. The molecule has 1 aromatic carbocycles. The van der Waals surface area contributed by atoms with Crippen LogP contribution < -0.4 is 5.43 Å². The highest BCUT2D eigenvalue weighted by Gasteiger charge is 2.16. The number of urea groups is 1. The first-order valence-corrected chi connectivity index (χ1v) is 10.0. The van der Waals surface area contributed by atoms with Gasteiger partial charge >= 0.3 is 6.03 Å². The number of carbonyl (C=O) groups is 1. The minimum Gasteiger partial charge on any atom is -0.337 e. The standard InChI is InChI=1S/C10H11N5O.C10H7N3S/c1-8-7-15(10(16)14-13-8)12-6-9-3-2-4-11-5-9;1-2-4-8-7(3-1)12-10(13-8)9-5-14-6-11-9/h2-6H,7H2,1H3,(H,14,16);1-6H,(H,12,13)/b12-6+;. The Morgan fingerprint density at radius 2 is 2.13 bits per heavy atom. The Labute approximate surface area is 176 Å². The number of para-hydroxylation sites is 2. The molecule has 10 heteroatoms. The zero-order valence-corrected chi connectivity index (χ0v) is 16.9. The molecule has 0 aliphatic carbocycles. The second kappa shape index (κ2) is 9.05. The van der Waals surface area contributed by atoms with E-state index < -0.39 is 0 Å². The van der Waals surface area contributed by atoms with E-state index in [9.17, 15) is 4.79 Å². The van der Waals surface area contributed by atoms with Crippen molar-refractivity contribution in [2.75, 3.05) is 6.54 Å². The monoisotopic (exact) mass is 418 g/mol. The van der Waals surface area contributed by atoms with Crippen LogP contribution in [0.1, 0.15) is 12.5 Å². The van der Waals surface area contributed by atoms with Crippen LogP contribution in [0.15, 0.2) is 69.9 Å². The lowest BCUT2D eigenvalue weighted by Crippen LogP contribution is -2.42. The molecule has 9 nitrogen and oxygen atoms in total. The molecule has 2 N–H and O–H groups in total. The van der Waals surface area contributed by atoms with Crippen molar-refractivity contribution in [1.29, 1.82) is 0 Å². The van der Waals surface area contributed by atoms with Crippen molar-refractivity contribution in [1.82, 2.24) is 30.4 Å². The van der Waals surface area contributed by atoms with Crippen molar-refractivity contribution < 1.29 is 4.79 Å². The number of nitrogens with one attached hydrogen (secondary N) is 2. The zero-order valence-electron chi connectivity index (χ0n) is 16.1. The quantitative estimate of drug-likeness (QED) is 0.496. The van der Waals surface area contributed by atoms with Gasteiger partial charge in [0.2, 0.25) is 0 Å². The van der Waals surface area contributed by atoms with Gasteiger partial charge in [0.1, 0.15) is 5.69 Å². The molecule has 4 heterocycles. The third-order valence-corrected chi connectivity index (χ3v) is 4.64.